The first kappa shape index (κ1) is 19.1. The molecule has 0 aromatic heterocycles. The Kier molecular flexibility index (Phi) is 5.35. The van der Waals surface area contributed by atoms with Crippen LogP contribution in [-0.2, 0) is 9.59 Å². The Bertz CT molecular complexity index is 927. The Morgan fingerprint density at radius 2 is 1.74 bits per heavy atom. The van der Waals surface area contributed by atoms with Crippen LogP contribution in [0.4, 0.5) is 24.5 Å². The third-order valence-corrected chi connectivity index (χ3v) is 4.86. The molecule has 0 aliphatic carbocycles. The number of nitrogens with one attached hydrogen (secondary N) is 1. The van der Waals surface area contributed by atoms with Crippen LogP contribution in [0.1, 0.15) is 6.42 Å². The van der Waals surface area contributed by atoms with Crippen LogP contribution < -0.4 is 16.1 Å². The molecule has 6 nitrogen and oxygen atoms in total. The molecule has 1 heterocycles. The summed E-state index contributed by atoms with van der Waals surface area (Å²) < 4.78 is 40.1. The van der Waals surface area contributed by atoms with Gasteiger partial charge in [-0.15, -0.1) is 0 Å². The number of anilines is 2. The molecule has 1 aliphatic heterocycles. The number of halogens is 4. The maximum atomic E-state index is 13.6. The summed E-state index contributed by atoms with van der Waals surface area (Å²) in [6, 6.07) is 6.14. The highest BCUT2D eigenvalue weighted by molar-refractivity contribution is 14.1. The third kappa shape index (κ3) is 4.04. The Labute approximate surface area is 165 Å². The van der Waals surface area contributed by atoms with Gasteiger partial charge in [0, 0.05) is 12.1 Å². The Hall–Kier alpha value is -2.63. The molecule has 140 valence electrons. The Balaban J connectivity index is 1.85. The second kappa shape index (κ2) is 7.55. The van der Waals surface area contributed by atoms with Gasteiger partial charge in [0.1, 0.15) is 29.2 Å². The van der Waals surface area contributed by atoms with E-state index < -0.39 is 35.3 Å². The van der Waals surface area contributed by atoms with Crippen molar-refractivity contribution in [3.05, 3.63) is 57.4 Å². The largest absolute Gasteiger partial charge is 0.368 e. The minimum absolute atomic E-state index is 0.0532. The maximum Gasteiger partial charge on any atom is 0.271 e. The van der Waals surface area contributed by atoms with Gasteiger partial charge in [0.25, 0.3) is 5.91 Å². The average molecular weight is 488 g/mol. The van der Waals surface area contributed by atoms with Gasteiger partial charge in [-0.2, -0.15) is 5.10 Å². The second-order valence-electron chi connectivity index (χ2n) is 5.70. The quantitative estimate of drug-likeness (QED) is 0.513. The SMILES string of the molecule is NC(=O)C1CC(C(=O)Nc2cc(F)c(I)c(F)c2)=NN1c1ccc(F)cc1. The fourth-order valence-electron chi connectivity index (χ4n) is 2.53. The molecule has 3 N–H and O–H groups in total. The van der Waals surface area contributed by atoms with Crippen LogP contribution in [0.25, 0.3) is 0 Å². The first-order valence-electron chi connectivity index (χ1n) is 7.63. The van der Waals surface area contributed by atoms with E-state index >= 15 is 0 Å². The fraction of sp³-hybridized carbons (Fsp3) is 0.118. The standard InChI is InChI=1S/C17H12F3IN4O2/c18-8-1-3-10(4-2-8)25-14(16(22)26)7-13(24-25)17(27)23-9-5-11(19)15(21)12(20)6-9/h1-6,14H,7H2,(H2,22,26)(H,23,27). The highest BCUT2D eigenvalue weighted by atomic mass is 127. The number of carbonyl (C=O) groups excluding carboxylic acids is 2. The lowest BCUT2D eigenvalue weighted by Crippen LogP contribution is -2.39. The summed E-state index contributed by atoms with van der Waals surface area (Å²) in [7, 11) is 0. The minimum Gasteiger partial charge on any atom is -0.368 e. The van der Waals surface area contributed by atoms with Crippen LogP contribution in [0.3, 0.4) is 0 Å². The van der Waals surface area contributed by atoms with Crippen molar-refractivity contribution >= 4 is 51.5 Å². The number of hydrogen-bond acceptors (Lipinski definition) is 4. The molecule has 10 heteroatoms. The van der Waals surface area contributed by atoms with E-state index in [0.29, 0.717) is 5.69 Å². The molecule has 2 amide bonds. The number of hydrazone groups is 1. The van der Waals surface area contributed by atoms with E-state index in [1.54, 1.807) is 0 Å². The van der Waals surface area contributed by atoms with Gasteiger partial charge in [-0.25, -0.2) is 13.2 Å². The van der Waals surface area contributed by atoms with Crippen molar-refractivity contribution in [3.8, 4) is 0 Å². The molecule has 2 aromatic rings. The number of carbonyl (C=O) groups is 2. The summed E-state index contributed by atoms with van der Waals surface area (Å²) in [5.74, 6) is -3.56. The summed E-state index contributed by atoms with van der Waals surface area (Å²) in [4.78, 5) is 24.1. The highest BCUT2D eigenvalue weighted by Gasteiger charge is 2.35. The molecule has 1 unspecified atom stereocenters. The molecule has 1 atom stereocenters. The van der Waals surface area contributed by atoms with Crippen LogP contribution >= 0.6 is 22.6 Å². The number of nitrogens with two attached hydrogens (primary N) is 1. The molecule has 0 spiro atoms. The summed E-state index contributed by atoms with van der Waals surface area (Å²) in [6.45, 7) is 0. The third-order valence-electron chi connectivity index (χ3n) is 3.83. The van der Waals surface area contributed by atoms with Crippen molar-refractivity contribution in [2.75, 3.05) is 10.3 Å². The minimum atomic E-state index is -0.943. The van der Waals surface area contributed by atoms with Gasteiger partial charge in [0.15, 0.2) is 0 Å². The first-order valence-corrected chi connectivity index (χ1v) is 8.71. The zero-order valence-corrected chi connectivity index (χ0v) is 15.7. The van der Waals surface area contributed by atoms with Gasteiger partial charge >= 0.3 is 0 Å². The maximum absolute atomic E-state index is 13.6. The van der Waals surface area contributed by atoms with E-state index in [4.69, 9.17) is 5.73 Å². The molecule has 0 fully saturated rings. The Morgan fingerprint density at radius 1 is 1.15 bits per heavy atom. The summed E-state index contributed by atoms with van der Waals surface area (Å²) in [6.07, 6.45) is -0.103. The summed E-state index contributed by atoms with van der Waals surface area (Å²) in [5, 5.41) is 7.63. The predicted octanol–water partition coefficient (Wildman–Crippen LogP) is 2.77. The molecule has 3 rings (SSSR count). The topological polar surface area (TPSA) is 87.8 Å². The zero-order chi connectivity index (χ0) is 19.7. The summed E-state index contributed by atoms with van der Waals surface area (Å²) >= 11 is 1.51. The number of rotatable bonds is 4. The van der Waals surface area contributed by atoms with Gasteiger partial charge in [-0.3, -0.25) is 14.6 Å². The van der Waals surface area contributed by atoms with Crippen LogP contribution in [0.15, 0.2) is 41.5 Å². The van der Waals surface area contributed by atoms with Crippen molar-refractivity contribution in [3.63, 3.8) is 0 Å². The van der Waals surface area contributed by atoms with Gasteiger partial charge < -0.3 is 11.1 Å². The molecular formula is C17H12F3IN4O2. The number of amides is 2. The molecule has 0 saturated heterocycles. The molecule has 0 bridgehead atoms. The number of nitrogens with zero attached hydrogens (tertiary/aromatic N) is 2. The monoisotopic (exact) mass is 488 g/mol. The predicted molar refractivity (Wildman–Crippen MR) is 102 cm³/mol. The molecule has 0 saturated carbocycles. The van der Waals surface area contributed by atoms with Crippen LogP contribution in [0.5, 0.6) is 0 Å². The van der Waals surface area contributed by atoms with Crippen LogP contribution in [-0.4, -0.2) is 23.6 Å². The van der Waals surface area contributed by atoms with Gasteiger partial charge in [-0.1, -0.05) is 0 Å². The van der Waals surface area contributed by atoms with E-state index in [9.17, 15) is 22.8 Å². The molecule has 1 aliphatic rings. The smallest absolute Gasteiger partial charge is 0.271 e. The van der Waals surface area contributed by atoms with E-state index in [1.807, 2.05) is 0 Å². The Morgan fingerprint density at radius 3 is 2.30 bits per heavy atom. The molecule has 2 aromatic carbocycles. The number of primary amides is 1. The van der Waals surface area contributed by atoms with Gasteiger partial charge in [0.05, 0.1) is 9.26 Å². The van der Waals surface area contributed by atoms with E-state index in [2.05, 4.69) is 10.4 Å². The van der Waals surface area contributed by atoms with Crippen LogP contribution in [0.2, 0.25) is 0 Å². The second-order valence-corrected chi connectivity index (χ2v) is 6.78. The average Bonchev–Trinajstić information content (AvgIpc) is 3.06. The normalized spacial score (nSPS) is 16.2. The lowest BCUT2D eigenvalue weighted by molar-refractivity contribution is -0.119. The highest BCUT2D eigenvalue weighted by Crippen LogP contribution is 2.26. The lowest BCUT2D eigenvalue weighted by Gasteiger charge is -2.20. The van der Waals surface area contributed by atoms with Crippen molar-refractivity contribution < 1.29 is 22.8 Å². The first-order chi connectivity index (χ1) is 12.8. The fourth-order valence-corrected chi connectivity index (χ4v) is 2.84. The molecule has 0 radical (unpaired) electrons. The van der Waals surface area contributed by atoms with Crippen molar-refractivity contribution in [1.82, 2.24) is 0 Å². The number of benzene rings is 2. The zero-order valence-electron chi connectivity index (χ0n) is 13.5. The van der Waals surface area contributed by atoms with Crippen molar-refractivity contribution in [1.29, 1.82) is 0 Å². The number of hydrogen-bond donors (Lipinski definition) is 2. The van der Waals surface area contributed by atoms with Crippen molar-refractivity contribution in [2.24, 2.45) is 10.8 Å². The lowest BCUT2D eigenvalue weighted by atomic mass is 10.1. The van der Waals surface area contributed by atoms with Crippen molar-refractivity contribution in [2.45, 2.75) is 12.5 Å². The van der Waals surface area contributed by atoms with E-state index in [0.717, 1.165) is 12.1 Å². The van der Waals surface area contributed by atoms with Crippen LogP contribution in [0, 0.1) is 21.0 Å². The van der Waals surface area contributed by atoms with Gasteiger partial charge in [0.2, 0.25) is 5.91 Å². The summed E-state index contributed by atoms with van der Waals surface area (Å²) in [5.41, 5.74) is 5.59. The van der Waals surface area contributed by atoms with E-state index in [-0.39, 0.29) is 21.4 Å². The molecule has 27 heavy (non-hydrogen) atoms. The van der Waals surface area contributed by atoms with Gasteiger partial charge in [-0.05, 0) is 59.0 Å². The molecular weight excluding hydrogens is 476 g/mol. The van der Waals surface area contributed by atoms with E-state index in [1.165, 1.54) is 51.9 Å².